The summed E-state index contributed by atoms with van der Waals surface area (Å²) in [5, 5.41) is 2.62. The van der Waals surface area contributed by atoms with E-state index < -0.39 is 32.1 Å². The number of halogens is 1. The number of benzene rings is 1. The third-order valence-electron chi connectivity index (χ3n) is 7.20. The highest BCUT2D eigenvalue weighted by Crippen LogP contribution is 2.47. The van der Waals surface area contributed by atoms with E-state index in [0.717, 1.165) is 6.42 Å². The molecule has 2 aliphatic heterocycles. The molecule has 1 aromatic heterocycles. The Bertz CT molecular complexity index is 1380. The van der Waals surface area contributed by atoms with Crippen LogP contribution in [0.2, 0.25) is 0 Å². The Labute approximate surface area is 202 Å². The lowest BCUT2D eigenvalue weighted by atomic mass is 10.1. The number of amides is 2. The maximum absolute atomic E-state index is 13.7. The molecule has 3 heterocycles. The summed E-state index contributed by atoms with van der Waals surface area (Å²) in [7, 11) is -3.46. The molecule has 0 bridgehead atoms. The SMILES string of the molecule is Cc1ccc(CNC(=O)c2ccc3n(c2=O)CCN(CC2(S(=O)(=O)N4CCC4)CC2)C3=O)cc1F. The Balaban J connectivity index is 1.30. The van der Waals surface area contributed by atoms with Gasteiger partial charge in [0.25, 0.3) is 17.4 Å². The second-order valence-electron chi connectivity index (χ2n) is 9.52. The second kappa shape index (κ2) is 8.56. The monoisotopic (exact) mass is 502 g/mol. The van der Waals surface area contributed by atoms with Gasteiger partial charge in [0.15, 0.2) is 0 Å². The van der Waals surface area contributed by atoms with Crippen molar-refractivity contribution in [2.75, 3.05) is 26.2 Å². The van der Waals surface area contributed by atoms with Crippen molar-refractivity contribution >= 4 is 21.8 Å². The van der Waals surface area contributed by atoms with Crippen molar-refractivity contribution in [1.29, 1.82) is 0 Å². The van der Waals surface area contributed by atoms with E-state index >= 15 is 0 Å². The Morgan fingerprint density at radius 1 is 1.09 bits per heavy atom. The van der Waals surface area contributed by atoms with E-state index in [1.54, 1.807) is 19.1 Å². The molecule has 2 aromatic rings. The first-order chi connectivity index (χ1) is 16.6. The lowest BCUT2D eigenvalue weighted by molar-refractivity contribution is 0.0693. The number of nitrogens with one attached hydrogen (secondary N) is 1. The Morgan fingerprint density at radius 2 is 1.83 bits per heavy atom. The molecule has 1 N–H and O–H groups in total. The molecule has 2 amide bonds. The number of carbonyl (C=O) groups is 2. The van der Waals surface area contributed by atoms with Crippen LogP contribution in [-0.4, -0.2) is 64.9 Å². The van der Waals surface area contributed by atoms with Crippen molar-refractivity contribution < 1.29 is 22.4 Å². The van der Waals surface area contributed by atoms with Gasteiger partial charge in [0.1, 0.15) is 21.8 Å². The fraction of sp³-hybridized carbons (Fsp3) is 0.458. The highest BCUT2D eigenvalue weighted by Gasteiger charge is 2.59. The smallest absolute Gasteiger partial charge is 0.270 e. The molecule has 0 atom stereocenters. The molecule has 0 radical (unpaired) electrons. The molecule has 0 unspecified atom stereocenters. The summed E-state index contributed by atoms with van der Waals surface area (Å²) in [6.07, 6.45) is 1.89. The van der Waals surface area contributed by atoms with Crippen LogP contribution in [0.3, 0.4) is 0 Å². The van der Waals surface area contributed by atoms with Crippen LogP contribution in [0, 0.1) is 12.7 Å². The van der Waals surface area contributed by atoms with Crippen molar-refractivity contribution in [3.8, 4) is 0 Å². The van der Waals surface area contributed by atoms with Crippen LogP contribution in [-0.2, 0) is 23.1 Å². The molecule has 1 aromatic carbocycles. The van der Waals surface area contributed by atoms with Crippen molar-refractivity contribution in [3.05, 3.63) is 68.9 Å². The van der Waals surface area contributed by atoms with Crippen molar-refractivity contribution in [1.82, 2.24) is 19.1 Å². The molecular formula is C24H27FN4O5S. The number of carbonyl (C=O) groups excluding carboxylic acids is 2. The fourth-order valence-electron chi connectivity index (χ4n) is 4.61. The topological polar surface area (TPSA) is 109 Å². The van der Waals surface area contributed by atoms with E-state index in [-0.39, 0.29) is 43.3 Å². The van der Waals surface area contributed by atoms with Gasteiger partial charge in [-0.3, -0.25) is 14.4 Å². The summed E-state index contributed by atoms with van der Waals surface area (Å²) >= 11 is 0. The van der Waals surface area contributed by atoms with Crippen molar-refractivity contribution in [3.63, 3.8) is 0 Å². The molecule has 0 spiro atoms. The zero-order chi connectivity index (χ0) is 25.0. The molecule has 1 saturated heterocycles. The summed E-state index contributed by atoms with van der Waals surface area (Å²) < 4.78 is 41.5. The number of aryl methyl sites for hydroxylation is 1. The maximum Gasteiger partial charge on any atom is 0.270 e. The number of hydrogen-bond donors (Lipinski definition) is 1. The number of fused-ring (bicyclic) bond motifs is 1. The fourth-order valence-corrected chi connectivity index (χ4v) is 6.83. The standard InChI is InChI=1S/C24H27FN4O5S/c1-16-3-4-17(13-19(16)25)14-26-21(30)18-5-6-20-23(32)27(11-12-29(20)22(18)31)15-24(7-8-24)35(33,34)28-9-2-10-28/h3-6,13H,2,7-12,14-15H2,1H3,(H,26,30). The Hall–Kier alpha value is -3.05. The van der Waals surface area contributed by atoms with E-state index in [1.165, 1.54) is 32.0 Å². The molecule has 186 valence electrons. The lowest BCUT2D eigenvalue weighted by Gasteiger charge is -2.37. The van der Waals surface area contributed by atoms with Crippen LogP contribution in [0.5, 0.6) is 0 Å². The minimum Gasteiger partial charge on any atom is -0.348 e. The normalized spacial score (nSPS) is 19.1. The molecule has 1 aliphatic carbocycles. The molecule has 1 saturated carbocycles. The summed E-state index contributed by atoms with van der Waals surface area (Å²) in [6, 6.07) is 7.38. The molecule has 11 heteroatoms. The average molecular weight is 503 g/mol. The van der Waals surface area contributed by atoms with Gasteiger partial charge < -0.3 is 14.8 Å². The molecule has 3 aliphatic rings. The van der Waals surface area contributed by atoms with Crippen LogP contribution < -0.4 is 10.9 Å². The summed E-state index contributed by atoms with van der Waals surface area (Å²) in [5.41, 5.74) is 0.500. The van der Waals surface area contributed by atoms with Gasteiger partial charge in [0, 0.05) is 39.3 Å². The number of pyridine rings is 1. The van der Waals surface area contributed by atoms with Gasteiger partial charge in [-0.15, -0.1) is 0 Å². The summed E-state index contributed by atoms with van der Waals surface area (Å²) in [5.74, 6) is -1.40. The second-order valence-corrected chi connectivity index (χ2v) is 11.9. The van der Waals surface area contributed by atoms with Crippen LogP contribution in [0.4, 0.5) is 4.39 Å². The van der Waals surface area contributed by atoms with Gasteiger partial charge in [0.2, 0.25) is 10.0 Å². The van der Waals surface area contributed by atoms with Gasteiger partial charge in [-0.2, -0.15) is 0 Å². The van der Waals surface area contributed by atoms with Crippen LogP contribution in [0.15, 0.2) is 35.1 Å². The first-order valence-electron chi connectivity index (χ1n) is 11.7. The first-order valence-corrected chi connectivity index (χ1v) is 13.1. The van der Waals surface area contributed by atoms with Gasteiger partial charge in [-0.1, -0.05) is 12.1 Å². The predicted octanol–water partition coefficient (Wildman–Crippen LogP) is 1.25. The summed E-state index contributed by atoms with van der Waals surface area (Å²) in [6.45, 7) is 3.22. The number of aromatic nitrogens is 1. The van der Waals surface area contributed by atoms with E-state index in [4.69, 9.17) is 0 Å². The molecule has 5 rings (SSSR count). The van der Waals surface area contributed by atoms with Crippen LogP contribution >= 0.6 is 0 Å². The highest BCUT2D eigenvalue weighted by molar-refractivity contribution is 7.90. The largest absolute Gasteiger partial charge is 0.348 e. The Morgan fingerprint density at radius 3 is 2.46 bits per heavy atom. The molecule has 2 fully saturated rings. The highest BCUT2D eigenvalue weighted by atomic mass is 32.2. The zero-order valence-corrected chi connectivity index (χ0v) is 20.2. The van der Waals surface area contributed by atoms with Gasteiger partial charge in [-0.05, 0) is 55.5 Å². The van der Waals surface area contributed by atoms with Gasteiger partial charge in [0.05, 0.1) is 0 Å². The third kappa shape index (κ3) is 4.06. The van der Waals surface area contributed by atoms with Crippen molar-refractivity contribution in [2.45, 2.75) is 44.0 Å². The minimum absolute atomic E-state index is 0.0531. The van der Waals surface area contributed by atoms with E-state index in [1.807, 2.05) is 0 Å². The van der Waals surface area contributed by atoms with Crippen LogP contribution in [0.25, 0.3) is 0 Å². The maximum atomic E-state index is 13.7. The molecule has 35 heavy (non-hydrogen) atoms. The summed E-state index contributed by atoms with van der Waals surface area (Å²) in [4.78, 5) is 40.3. The number of nitrogens with zero attached hydrogens (tertiary/aromatic N) is 3. The zero-order valence-electron chi connectivity index (χ0n) is 19.4. The first kappa shape index (κ1) is 23.7. The number of hydrogen-bond acceptors (Lipinski definition) is 5. The van der Waals surface area contributed by atoms with E-state index in [9.17, 15) is 27.2 Å². The van der Waals surface area contributed by atoms with Gasteiger partial charge in [-0.25, -0.2) is 17.1 Å². The van der Waals surface area contributed by atoms with Crippen molar-refractivity contribution in [2.24, 2.45) is 0 Å². The predicted molar refractivity (Wildman–Crippen MR) is 126 cm³/mol. The Kier molecular flexibility index (Phi) is 5.79. The van der Waals surface area contributed by atoms with Gasteiger partial charge >= 0.3 is 0 Å². The molecule has 9 nitrogen and oxygen atoms in total. The third-order valence-corrected chi connectivity index (χ3v) is 9.87. The van der Waals surface area contributed by atoms with E-state index in [2.05, 4.69) is 5.32 Å². The van der Waals surface area contributed by atoms with Crippen LogP contribution in [0.1, 0.15) is 51.2 Å². The number of rotatable bonds is 7. The van der Waals surface area contributed by atoms with E-state index in [0.29, 0.717) is 37.1 Å². The number of sulfonamides is 1. The average Bonchev–Trinajstić information content (AvgIpc) is 3.57. The molecular weight excluding hydrogens is 475 g/mol. The minimum atomic E-state index is -3.46. The quantitative estimate of drug-likeness (QED) is 0.613. The lowest BCUT2D eigenvalue weighted by Crippen LogP contribution is -2.54.